The van der Waals surface area contributed by atoms with E-state index in [0.29, 0.717) is 21.3 Å². The van der Waals surface area contributed by atoms with Gasteiger partial charge < -0.3 is 10.6 Å². The molecule has 3 aromatic rings. The number of thiazole rings is 1. The minimum absolute atomic E-state index is 0.0231. The van der Waals surface area contributed by atoms with Crippen LogP contribution in [0.2, 0.25) is 5.02 Å². The number of aryl methyl sites for hydroxylation is 1. The molecular formula is C20H15ClF3N3O2S. The molecule has 0 atom stereocenters. The van der Waals surface area contributed by atoms with Gasteiger partial charge in [-0.3, -0.25) is 9.59 Å². The van der Waals surface area contributed by atoms with Crippen LogP contribution in [0.5, 0.6) is 0 Å². The fourth-order valence-electron chi connectivity index (χ4n) is 2.70. The van der Waals surface area contributed by atoms with Crippen LogP contribution in [-0.4, -0.2) is 16.8 Å². The van der Waals surface area contributed by atoms with E-state index in [2.05, 4.69) is 15.6 Å². The Labute approximate surface area is 178 Å². The van der Waals surface area contributed by atoms with Crippen molar-refractivity contribution in [2.24, 2.45) is 0 Å². The Morgan fingerprint density at radius 1 is 1.10 bits per heavy atom. The lowest BCUT2D eigenvalue weighted by atomic mass is 10.1. The van der Waals surface area contributed by atoms with Crippen LogP contribution in [0.3, 0.4) is 0 Å². The topological polar surface area (TPSA) is 71.1 Å². The Morgan fingerprint density at radius 2 is 1.83 bits per heavy atom. The first-order valence-electron chi connectivity index (χ1n) is 8.58. The molecule has 10 heteroatoms. The van der Waals surface area contributed by atoms with Gasteiger partial charge in [0.1, 0.15) is 9.88 Å². The standard InChI is InChI=1S/C20H15ClF3N3O2S/c1-10-17(30-19(25-10)12-4-3-5-13(21)8-12)18(29)27-16-7-6-14(26-11(2)28)9-15(16)20(22,23)24/h3-9H,1-2H3,(H,26,28)(H,27,29). The van der Waals surface area contributed by atoms with Gasteiger partial charge in [-0.05, 0) is 37.3 Å². The first-order valence-corrected chi connectivity index (χ1v) is 9.77. The van der Waals surface area contributed by atoms with Gasteiger partial charge in [0.25, 0.3) is 5.91 Å². The van der Waals surface area contributed by atoms with Gasteiger partial charge in [0, 0.05) is 23.2 Å². The summed E-state index contributed by atoms with van der Waals surface area (Å²) >= 11 is 7.03. The van der Waals surface area contributed by atoms with Crippen molar-refractivity contribution in [3.05, 3.63) is 63.6 Å². The lowest BCUT2D eigenvalue weighted by Crippen LogP contribution is -2.17. The number of hydrogen-bond acceptors (Lipinski definition) is 4. The number of nitrogens with one attached hydrogen (secondary N) is 2. The van der Waals surface area contributed by atoms with Gasteiger partial charge in [-0.2, -0.15) is 13.2 Å². The molecular weight excluding hydrogens is 439 g/mol. The summed E-state index contributed by atoms with van der Waals surface area (Å²) in [5.74, 6) is -1.22. The third-order valence-electron chi connectivity index (χ3n) is 3.97. The highest BCUT2D eigenvalue weighted by Crippen LogP contribution is 2.37. The number of amides is 2. The summed E-state index contributed by atoms with van der Waals surface area (Å²) in [6.45, 7) is 2.79. The summed E-state index contributed by atoms with van der Waals surface area (Å²) in [6.07, 6.45) is -4.73. The predicted molar refractivity (Wildman–Crippen MR) is 111 cm³/mol. The molecule has 156 valence electrons. The second kappa shape index (κ2) is 8.45. The van der Waals surface area contributed by atoms with Gasteiger partial charge in [-0.25, -0.2) is 4.98 Å². The van der Waals surface area contributed by atoms with Gasteiger partial charge >= 0.3 is 6.18 Å². The lowest BCUT2D eigenvalue weighted by Gasteiger charge is -2.15. The van der Waals surface area contributed by atoms with Crippen LogP contribution < -0.4 is 10.6 Å². The van der Waals surface area contributed by atoms with Crippen molar-refractivity contribution in [2.75, 3.05) is 10.6 Å². The molecule has 30 heavy (non-hydrogen) atoms. The van der Waals surface area contributed by atoms with E-state index in [9.17, 15) is 22.8 Å². The third-order valence-corrected chi connectivity index (χ3v) is 5.41. The Balaban J connectivity index is 1.92. The maximum Gasteiger partial charge on any atom is 0.418 e. The molecule has 0 saturated heterocycles. The quantitative estimate of drug-likeness (QED) is 0.508. The normalized spacial score (nSPS) is 11.3. The molecule has 1 heterocycles. The van der Waals surface area contributed by atoms with E-state index in [1.807, 2.05) is 0 Å². The lowest BCUT2D eigenvalue weighted by molar-refractivity contribution is -0.137. The zero-order valence-corrected chi connectivity index (χ0v) is 17.3. The van der Waals surface area contributed by atoms with Crippen molar-refractivity contribution in [1.29, 1.82) is 0 Å². The second-order valence-corrected chi connectivity index (χ2v) is 7.77. The molecule has 0 aliphatic heterocycles. The minimum atomic E-state index is -4.73. The van der Waals surface area contributed by atoms with Crippen LogP contribution in [0, 0.1) is 6.92 Å². The average Bonchev–Trinajstić information content (AvgIpc) is 3.03. The van der Waals surface area contributed by atoms with Gasteiger partial charge in [0.2, 0.25) is 5.91 Å². The number of alkyl halides is 3. The fraction of sp³-hybridized carbons (Fsp3) is 0.150. The molecule has 0 aliphatic carbocycles. The highest BCUT2D eigenvalue weighted by molar-refractivity contribution is 7.17. The number of benzene rings is 2. The smallest absolute Gasteiger partial charge is 0.326 e. The zero-order valence-electron chi connectivity index (χ0n) is 15.7. The van der Waals surface area contributed by atoms with Crippen molar-refractivity contribution in [3.8, 4) is 10.6 Å². The van der Waals surface area contributed by atoms with Crippen molar-refractivity contribution < 1.29 is 22.8 Å². The minimum Gasteiger partial charge on any atom is -0.326 e. The van der Waals surface area contributed by atoms with Gasteiger partial charge in [-0.15, -0.1) is 11.3 Å². The first-order chi connectivity index (χ1) is 14.0. The fourth-order valence-corrected chi connectivity index (χ4v) is 3.85. The van der Waals surface area contributed by atoms with Crippen LogP contribution in [0.1, 0.15) is 27.9 Å². The van der Waals surface area contributed by atoms with E-state index < -0.39 is 29.2 Å². The molecule has 2 aromatic carbocycles. The Kier molecular flexibility index (Phi) is 6.14. The van der Waals surface area contributed by atoms with E-state index >= 15 is 0 Å². The number of rotatable bonds is 4. The Morgan fingerprint density at radius 3 is 2.47 bits per heavy atom. The van der Waals surface area contributed by atoms with Gasteiger partial charge in [0.15, 0.2) is 0 Å². The summed E-state index contributed by atoms with van der Waals surface area (Å²) in [5, 5.41) is 5.62. The number of carbonyl (C=O) groups excluding carboxylic acids is 2. The Hall–Kier alpha value is -2.91. The number of anilines is 2. The van der Waals surface area contributed by atoms with Crippen molar-refractivity contribution in [3.63, 3.8) is 0 Å². The summed E-state index contributed by atoms with van der Waals surface area (Å²) in [6, 6.07) is 10.0. The monoisotopic (exact) mass is 453 g/mol. The second-order valence-electron chi connectivity index (χ2n) is 6.34. The molecule has 2 N–H and O–H groups in total. The molecule has 5 nitrogen and oxygen atoms in total. The molecule has 0 fully saturated rings. The van der Waals surface area contributed by atoms with Gasteiger partial charge in [0.05, 0.1) is 16.9 Å². The van der Waals surface area contributed by atoms with Crippen LogP contribution in [0.15, 0.2) is 42.5 Å². The number of halogens is 4. The number of nitrogens with zero attached hydrogens (tertiary/aromatic N) is 1. The van der Waals surface area contributed by atoms with E-state index in [1.54, 1.807) is 31.2 Å². The highest BCUT2D eigenvalue weighted by atomic mass is 35.5. The summed E-state index contributed by atoms with van der Waals surface area (Å²) in [7, 11) is 0. The molecule has 1 aromatic heterocycles. The molecule has 3 rings (SSSR count). The third kappa shape index (κ3) is 4.98. The van der Waals surface area contributed by atoms with E-state index in [4.69, 9.17) is 11.6 Å². The molecule has 2 amide bonds. The van der Waals surface area contributed by atoms with Crippen molar-refractivity contribution in [1.82, 2.24) is 4.98 Å². The largest absolute Gasteiger partial charge is 0.418 e. The highest BCUT2D eigenvalue weighted by Gasteiger charge is 2.34. The molecule has 0 radical (unpaired) electrons. The molecule has 0 bridgehead atoms. The average molecular weight is 454 g/mol. The van der Waals surface area contributed by atoms with Gasteiger partial charge in [-0.1, -0.05) is 23.7 Å². The van der Waals surface area contributed by atoms with E-state index in [0.717, 1.165) is 23.5 Å². The molecule has 0 spiro atoms. The molecule has 0 unspecified atom stereocenters. The van der Waals surface area contributed by atoms with E-state index in [1.165, 1.54) is 13.0 Å². The summed E-state index contributed by atoms with van der Waals surface area (Å²) < 4.78 is 40.4. The molecule has 0 saturated carbocycles. The number of carbonyl (C=O) groups is 2. The Bertz CT molecular complexity index is 1130. The van der Waals surface area contributed by atoms with Crippen LogP contribution >= 0.6 is 22.9 Å². The van der Waals surface area contributed by atoms with Crippen LogP contribution in [-0.2, 0) is 11.0 Å². The zero-order chi connectivity index (χ0) is 22.1. The van der Waals surface area contributed by atoms with Crippen molar-refractivity contribution in [2.45, 2.75) is 20.0 Å². The van der Waals surface area contributed by atoms with Crippen molar-refractivity contribution >= 4 is 46.1 Å². The molecule has 0 aliphatic rings. The van der Waals surface area contributed by atoms with E-state index in [-0.39, 0.29) is 10.6 Å². The van der Waals surface area contributed by atoms with Crippen LogP contribution in [0.4, 0.5) is 24.5 Å². The predicted octanol–water partition coefficient (Wildman–Crippen LogP) is 6.00. The van der Waals surface area contributed by atoms with Crippen LogP contribution in [0.25, 0.3) is 10.6 Å². The maximum absolute atomic E-state index is 13.5. The number of aromatic nitrogens is 1. The SMILES string of the molecule is CC(=O)Nc1ccc(NC(=O)c2sc(-c3cccc(Cl)c3)nc2C)c(C(F)(F)F)c1. The maximum atomic E-state index is 13.5. The summed E-state index contributed by atoms with van der Waals surface area (Å²) in [4.78, 5) is 28.3. The number of hydrogen-bond donors (Lipinski definition) is 2. The first kappa shape index (κ1) is 21.8. The summed E-state index contributed by atoms with van der Waals surface area (Å²) in [5.41, 5.74) is -0.427.